The summed E-state index contributed by atoms with van der Waals surface area (Å²) in [5.41, 5.74) is 1.13. The Morgan fingerprint density at radius 2 is 2.35 bits per heavy atom. The minimum absolute atomic E-state index is 0.0763. The number of carboxylic acid groups (broad SMARTS) is 1. The van der Waals surface area contributed by atoms with Crippen molar-refractivity contribution in [1.29, 1.82) is 0 Å². The fourth-order valence-corrected chi connectivity index (χ4v) is 3.84. The Morgan fingerprint density at radius 3 is 2.85 bits per heavy atom. The first kappa shape index (κ1) is 15.4. The molecule has 1 aliphatic rings. The van der Waals surface area contributed by atoms with Gasteiger partial charge in [-0.15, -0.1) is 0 Å². The third-order valence-corrected chi connectivity index (χ3v) is 5.09. The number of carbonyl (C=O) groups excluding carboxylic acids is 1. The van der Waals surface area contributed by atoms with Crippen LogP contribution < -0.4 is 0 Å². The zero-order chi connectivity index (χ0) is 14.7. The summed E-state index contributed by atoms with van der Waals surface area (Å²) < 4.78 is 0. The maximum absolute atomic E-state index is 12.5. The molecule has 4 nitrogen and oxygen atoms in total. The highest BCUT2D eigenvalue weighted by Crippen LogP contribution is 2.34. The molecule has 0 radical (unpaired) electrons. The van der Waals surface area contributed by atoms with Crippen LogP contribution in [-0.2, 0) is 9.59 Å². The van der Waals surface area contributed by atoms with Crippen LogP contribution in [0.1, 0.15) is 31.2 Å². The summed E-state index contributed by atoms with van der Waals surface area (Å²) in [6.07, 6.45) is 1.19. The number of hydrogen-bond acceptors (Lipinski definition) is 4. The minimum atomic E-state index is -0.912. The number of hydrogen-bond donors (Lipinski definition) is 2. The lowest BCUT2D eigenvalue weighted by Gasteiger charge is -2.25. The van der Waals surface area contributed by atoms with Crippen LogP contribution in [0.2, 0.25) is 0 Å². The van der Waals surface area contributed by atoms with E-state index < -0.39 is 12.0 Å². The topological polar surface area (TPSA) is 57.6 Å². The molecule has 1 aliphatic heterocycles. The van der Waals surface area contributed by atoms with Crippen LogP contribution in [0.25, 0.3) is 0 Å². The van der Waals surface area contributed by atoms with E-state index in [1.807, 2.05) is 23.8 Å². The molecule has 2 heterocycles. The average Bonchev–Trinajstić information content (AvgIpc) is 3.08. The lowest BCUT2D eigenvalue weighted by molar-refractivity contribution is -0.149. The van der Waals surface area contributed by atoms with Gasteiger partial charge in [-0.05, 0) is 35.2 Å². The highest BCUT2D eigenvalue weighted by molar-refractivity contribution is 7.80. The molecule has 110 valence electrons. The van der Waals surface area contributed by atoms with Crippen molar-refractivity contribution in [2.75, 3.05) is 12.3 Å². The monoisotopic (exact) mass is 313 g/mol. The van der Waals surface area contributed by atoms with Crippen molar-refractivity contribution < 1.29 is 14.7 Å². The normalized spacial score (nSPS) is 23.8. The summed E-state index contributed by atoms with van der Waals surface area (Å²) in [6.45, 7) is 2.43. The summed E-state index contributed by atoms with van der Waals surface area (Å²) in [7, 11) is 0. The zero-order valence-corrected chi connectivity index (χ0v) is 13.1. The van der Waals surface area contributed by atoms with Gasteiger partial charge in [-0.1, -0.05) is 6.92 Å². The van der Waals surface area contributed by atoms with Gasteiger partial charge in [0, 0.05) is 24.1 Å². The Balaban J connectivity index is 2.18. The first-order valence-electron chi connectivity index (χ1n) is 6.74. The second-order valence-corrected chi connectivity index (χ2v) is 6.27. The molecule has 0 aliphatic carbocycles. The van der Waals surface area contributed by atoms with Gasteiger partial charge >= 0.3 is 5.97 Å². The van der Waals surface area contributed by atoms with Gasteiger partial charge in [0.1, 0.15) is 6.04 Å². The second kappa shape index (κ2) is 6.63. The summed E-state index contributed by atoms with van der Waals surface area (Å²) in [6, 6.07) is 1.30. The highest BCUT2D eigenvalue weighted by atomic mass is 32.1. The van der Waals surface area contributed by atoms with E-state index in [-0.39, 0.29) is 17.7 Å². The van der Waals surface area contributed by atoms with Gasteiger partial charge in [0.15, 0.2) is 0 Å². The second-order valence-electron chi connectivity index (χ2n) is 5.12. The highest BCUT2D eigenvalue weighted by Gasteiger charge is 2.41. The van der Waals surface area contributed by atoms with Gasteiger partial charge in [0.25, 0.3) is 0 Å². The van der Waals surface area contributed by atoms with E-state index in [0.29, 0.717) is 25.1 Å². The molecule has 6 heteroatoms. The maximum Gasteiger partial charge on any atom is 0.326 e. The molecule has 1 saturated heterocycles. The molecule has 20 heavy (non-hydrogen) atoms. The number of nitrogens with zero attached hydrogens (tertiary/aromatic N) is 1. The summed E-state index contributed by atoms with van der Waals surface area (Å²) in [4.78, 5) is 25.4. The van der Waals surface area contributed by atoms with Crippen molar-refractivity contribution in [3.8, 4) is 0 Å². The van der Waals surface area contributed by atoms with Crippen molar-refractivity contribution in [3.63, 3.8) is 0 Å². The number of amides is 1. The zero-order valence-electron chi connectivity index (χ0n) is 11.4. The Morgan fingerprint density at radius 1 is 1.60 bits per heavy atom. The van der Waals surface area contributed by atoms with E-state index in [1.54, 1.807) is 11.3 Å². The fraction of sp³-hybridized carbons (Fsp3) is 0.571. The Labute approximate surface area is 128 Å². The molecular formula is C14H19NO3S2. The number of carbonyl (C=O) groups is 2. The van der Waals surface area contributed by atoms with E-state index in [1.165, 1.54) is 4.90 Å². The molecule has 1 amide bonds. The third-order valence-electron chi connectivity index (χ3n) is 3.95. The van der Waals surface area contributed by atoms with Crippen molar-refractivity contribution in [2.45, 2.75) is 31.7 Å². The van der Waals surface area contributed by atoms with E-state index in [9.17, 15) is 14.7 Å². The summed E-state index contributed by atoms with van der Waals surface area (Å²) in [5, 5.41) is 13.4. The molecule has 0 saturated carbocycles. The molecule has 1 N–H and O–H groups in total. The van der Waals surface area contributed by atoms with Gasteiger partial charge in [-0.25, -0.2) is 4.79 Å². The smallest absolute Gasteiger partial charge is 0.326 e. The lowest BCUT2D eigenvalue weighted by Crippen LogP contribution is -2.43. The number of aliphatic carboxylic acids is 1. The standard InChI is InChI=1S/C14H19NO3S2/c1-2-9(7-19)13(16)15-6-11(5-12(15)14(17)18)10-3-4-20-8-10/h3-4,8-9,11-12,19H,2,5-7H2,1H3,(H,17,18)/t9?,11?,12-/m0/s1. The van der Waals surface area contributed by atoms with Crippen molar-refractivity contribution in [3.05, 3.63) is 22.4 Å². The predicted octanol–water partition coefficient (Wildman–Crippen LogP) is 2.47. The van der Waals surface area contributed by atoms with E-state index in [4.69, 9.17) is 0 Å². The van der Waals surface area contributed by atoms with Crippen LogP contribution in [0.15, 0.2) is 16.8 Å². The number of rotatable bonds is 5. The van der Waals surface area contributed by atoms with Crippen LogP contribution in [0, 0.1) is 5.92 Å². The van der Waals surface area contributed by atoms with Gasteiger partial charge in [-0.3, -0.25) is 4.79 Å². The quantitative estimate of drug-likeness (QED) is 0.821. The third kappa shape index (κ3) is 3.01. The molecule has 3 atom stereocenters. The molecule has 1 fully saturated rings. The lowest BCUT2D eigenvalue weighted by atomic mass is 9.99. The average molecular weight is 313 g/mol. The molecule has 1 aromatic rings. The van der Waals surface area contributed by atoms with Crippen molar-refractivity contribution in [1.82, 2.24) is 4.90 Å². The molecule has 1 aromatic heterocycles. The predicted molar refractivity (Wildman–Crippen MR) is 82.4 cm³/mol. The van der Waals surface area contributed by atoms with Gasteiger partial charge in [0.2, 0.25) is 5.91 Å². The molecular weight excluding hydrogens is 294 g/mol. The van der Waals surface area contributed by atoms with Gasteiger partial charge in [0.05, 0.1) is 0 Å². The van der Waals surface area contributed by atoms with E-state index in [0.717, 1.165) is 5.56 Å². The number of thiophene rings is 1. The molecule has 0 spiro atoms. The molecule has 2 unspecified atom stereocenters. The Bertz CT molecular complexity index is 471. The summed E-state index contributed by atoms with van der Waals surface area (Å²) in [5.74, 6) is -0.593. The summed E-state index contributed by atoms with van der Waals surface area (Å²) >= 11 is 5.80. The van der Waals surface area contributed by atoms with Crippen LogP contribution in [0.4, 0.5) is 0 Å². The first-order valence-corrected chi connectivity index (χ1v) is 8.32. The Kier molecular flexibility index (Phi) is 5.10. The van der Waals surface area contributed by atoms with Crippen LogP contribution >= 0.6 is 24.0 Å². The molecule has 0 aromatic carbocycles. The fourth-order valence-electron chi connectivity index (χ4n) is 2.68. The largest absolute Gasteiger partial charge is 0.480 e. The minimum Gasteiger partial charge on any atom is -0.480 e. The number of likely N-dealkylation sites (tertiary alicyclic amines) is 1. The first-order chi connectivity index (χ1) is 9.58. The SMILES string of the molecule is CCC(CS)C(=O)N1CC(c2ccsc2)C[C@H]1C(=O)O. The number of thiol groups is 1. The Hall–Kier alpha value is -1.01. The molecule has 0 bridgehead atoms. The van der Waals surface area contributed by atoms with Crippen LogP contribution in [0.5, 0.6) is 0 Å². The van der Waals surface area contributed by atoms with Gasteiger partial charge < -0.3 is 10.0 Å². The van der Waals surface area contributed by atoms with Gasteiger partial charge in [-0.2, -0.15) is 24.0 Å². The number of carboxylic acids is 1. The van der Waals surface area contributed by atoms with E-state index >= 15 is 0 Å². The van der Waals surface area contributed by atoms with Crippen LogP contribution in [-0.4, -0.2) is 40.2 Å². The maximum atomic E-state index is 12.5. The van der Waals surface area contributed by atoms with Crippen molar-refractivity contribution >= 4 is 35.8 Å². The van der Waals surface area contributed by atoms with Crippen LogP contribution in [0.3, 0.4) is 0 Å². The van der Waals surface area contributed by atoms with E-state index in [2.05, 4.69) is 12.6 Å². The molecule has 2 rings (SSSR count). The van der Waals surface area contributed by atoms with Crippen molar-refractivity contribution in [2.24, 2.45) is 5.92 Å².